The molecule has 21 heavy (non-hydrogen) atoms. The molecule has 106 valence electrons. The van der Waals surface area contributed by atoms with Gasteiger partial charge in [0.1, 0.15) is 11.9 Å². The molecular weight excluding hydrogens is 282 g/mol. The van der Waals surface area contributed by atoms with Gasteiger partial charge < -0.3 is 5.32 Å². The van der Waals surface area contributed by atoms with E-state index in [0.717, 1.165) is 36.2 Å². The summed E-state index contributed by atoms with van der Waals surface area (Å²) in [6.07, 6.45) is 4.34. The lowest BCUT2D eigenvalue weighted by Gasteiger charge is -2.18. The zero-order chi connectivity index (χ0) is 14.8. The fourth-order valence-electron chi connectivity index (χ4n) is 2.72. The first kappa shape index (κ1) is 13.9. The Morgan fingerprint density at radius 1 is 1.29 bits per heavy atom. The van der Waals surface area contributed by atoms with E-state index in [2.05, 4.69) is 16.4 Å². The molecular formula is C17H16ClN3. The zero-order valence-corrected chi connectivity index (χ0v) is 12.7. The van der Waals surface area contributed by atoms with Crippen LogP contribution < -0.4 is 5.32 Å². The van der Waals surface area contributed by atoms with Gasteiger partial charge in [0.15, 0.2) is 0 Å². The molecule has 2 aromatic rings. The Balaban J connectivity index is 2.04. The van der Waals surface area contributed by atoms with Gasteiger partial charge in [0.2, 0.25) is 0 Å². The molecule has 0 amide bonds. The van der Waals surface area contributed by atoms with Crippen LogP contribution >= 0.6 is 11.6 Å². The Kier molecular flexibility index (Phi) is 3.81. The van der Waals surface area contributed by atoms with Crippen LogP contribution in [0.4, 0.5) is 11.5 Å². The van der Waals surface area contributed by atoms with E-state index in [-0.39, 0.29) is 0 Å². The summed E-state index contributed by atoms with van der Waals surface area (Å²) in [6.45, 7) is 1.98. The normalized spacial score (nSPS) is 13.4. The molecule has 1 aromatic heterocycles. The number of hydrogen-bond acceptors (Lipinski definition) is 3. The van der Waals surface area contributed by atoms with Gasteiger partial charge in [-0.3, -0.25) is 0 Å². The second-order valence-electron chi connectivity index (χ2n) is 5.37. The molecule has 1 aliphatic carbocycles. The Morgan fingerprint density at radius 3 is 2.86 bits per heavy atom. The molecule has 1 aliphatic rings. The first-order valence-corrected chi connectivity index (χ1v) is 7.52. The Bertz CT molecular complexity index is 711. The van der Waals surface area contributed by atoms with Gasteiger partial charge in [0, 0.05) is 5.69 Å². The number of anilines is 2. The lowest BCUT2D eigenvalue weighted by molar-refractivity contribution is 0.668. The summed E-state index contributed by atoms with van der Waals surface area (Å²) in [7, 11) is 0. The van der Waals surface area contributed by atoms with Crippen molar-refractivity contribution in [2.24, 2.45) is 0 Å². The third-order valence-electron chi connectivity index (χ3n) is 3.89. The van der Waals surface area contributed by atoms with Crippen LogP contribution in [0.2, 0.25) is 5.02 Å². The summed E-state index contributed by atoms with van der Waals surface area (Å²) in [5.74, 6) is 0.606. The molecule has 0 fully saturated rings. The van der Waals surface area contributed by atoms with E-state index in [9.17, 15) is 5.26 Å². The van der Waals surface area contributed by atoms with Gasteiger partial charge in [-0.2, -0.15) is 5.26 Å². The van der Waals surface area contributed by atoms with Gasteiger partial charge in [-0.1, -0.05) is 23.7 Å². The molecule has 1 heterocycles. The van der Waals surface area contributed by atoms with Gasteiger partial charge in [-0.25, -0.2) is 4.98 Å². The van der Waals surface area contributed by atoms with Crippen LogP contribution in [0.3, 0.4) is 0 Å². The van der Waals surface area contributed by atoms with Gasteiger partial charge in [0.05, 0.1) is 16.3 Å². The van der Waals surface area contributed by atoms with E-state index in [1.54, 1.807) is 0 Å². The number of hydrogen-bond donors (Lipinski definition) is 1. The maximum Gasteiger partial charge on any atom is 0.148 e. The number of fused-ring (bicyclic) bond motifs is 1. The standard InChI is InChI=1S/C17H16ClN3/c1-11-5-4-7-14(18)16(11)21-17-13(10-19)9-12-6-2-3-8-15(12)20-17/h4-5,7,9H,2-3,6,8H2,1H3,(H,20,21). The molecule has 3 rings (SSSR count). The minimum Gasteiger partial charge on any atom is -0.338 e. The van der Waals surface area contributed by atoms with Crippen LogP contribution in [-0.4, -0.2) is 4.98 Å². The van der Waals surface area contributed by atoms with Crippen molar-refractivity contribution in [3.63, 3.8) is 0 Å². The highest BCUT2D eigenvalue weighted by Gasteiger charge is 2.16. The summed E-state index contributed by atoms with van der Waals surface area (Å²) in [5, 5.41) is 13.3. The summed E-state index contributed by atoms with van der Waals surface area (Å²) < 4.78 is 0. The lowest BCUT2D eigenvalue weighted by Crippen LogP contribution is -2.09. The molecule has 0 radical (unpaired) electrons. The lowest BCUT2D eigenvalue weighted by atomic mass is 9.95. The van der Waals surface area contributed by atoms with Gasteiger partial charge >= 0.3 is 0 Å². The van der Waals surface area contributed by atoms with Crippen molar-refractivity contribution >= 4 is 23.1 Å². The van der Waals surface area contributed by atoms with E-state index >= 15 is 0 Å². The van der Waals surface area contributed by atoms with Crippen LogP contribution in [0.5, 0.6) is 0 Å². The van der Waals surface area contributed by atoms with E-state index in [1.807, 2.05) is 31.2 Å². The average Bonchev–Trinajstić information content (AvgIpc) is 2.50. The third kappa shape index (κ3) is 2.72. The third-order valence-corrected chi connectivity index (χ3v) is 4.20. The molecule has 3 nitrogen and oxygen atoms in total. The summed E-state index contributed by atoms with van der Waals surface area (Å²) in [6, 6.07) is 9.94. The Labute approximate surface area is 129 Å². The minimum atomic E-state index is 0.579. The van der Waals surface area contributed by atoms with Gasteiger partial charge in [-0.15, -0.1) is 0 Å². The maximum atomic E-state index is 9.37. The van der Waals surface area contributed by atoms with E-state index in [4.69, 9.17) is 11.6 Å². The number of aromatic nitrogens is 1. The number of halogens is 1. The minimum absolute atomic E-state index is 0.579. The van der Waals surface area contributed by atoms with E-state index < -0.39 is 0 Å². The molecule has 1 N–H and O–H groups in total. The quantitative estimate of drug-likeness (QED) is 0.885. The monoisotopic (exact) mass is 297 g/mol. The number of nitrogens with zero attached hydrogens (tertiary/aromatic N) is 2. The van der Waals surface area contributed by atoms with Crippen LogP contribution in [-0.2, 0) is 12.8 Å². The number of nitrogens with one attached hydrogen (secondary N) is 1. The molecule has 4 heteroatoms. The number of aryl methyl sites for hydroxylation is 3. The smallest absolute Gasteiger partial charge is 0.148 e. The van der Waals surface area contributed by atoms with E-state index in [1.165, 1.54) is 12.0 Å². The van der Waals surface area contributed by atoms with Crippen molar-refractivity contribution < 1.29 is 0 Å². The first-order chi connectivity index (χ1) is 10.2. The molecule has 0 aliphatic heterocycles. The number of pyridine rings is 1. The topological polar surface area (TPSA) is 48.7 Å². The second-order valence-corrected chi connectivity index (χ2v) is 5.77. The van der Waals surface area contributed by atoms with Crippen molar-refractivity contribution in [1.29, 1.82) is 5.26 Å². The fraction of sp³-hybridized carbons (Fsp3) is 0.294. The zero-order valence-electron chi connectivity index (χ0n) is 11.9. The number of nitriles is 1. The maximum absolute atomic E-state index is 9.37. The SMILES string of the molecule is Cc1cccc(Cl)c1Nc1nc2c(cc1C#N)CCCC2. The highest BCUT2D eigenvalue weighted by Crippen LogP contribution is 2.31. The van der Waals surface area contributed by atoms with Crippen LogP contribution in [0, 0.1) is 18.3 Å². The number of rotatable bonds is 2. The predicted octanol–water partition coefficient (Wildman–Crippen LogP) is 4.54. The predicted molar refractivity (Wildman–Crippen MR) is 85.1 cm³/mol. The Morgan fingerprint density at radius 2 is 2.10 bits per heavy atom. The second kappa shape index (κ2) is 5.75. The molecule has 0 bridgehead atoms. The summed E-state index contributed by atoms with van der Waals surface area (Å²) in [5.41, 5.74) is 4.74. The molecule has 0 saturated carbocycles. The molecule has 0 atom stereocenters. The van der Waals surface area contributed by atoms with Crippen molar-refractivity contribution in [2.45, 2.75) is 32.6 Å². The number of benzene rings is 1. The van der Waals surface area contributed by atoms with Crippen molar-refractivity contribution in [1.82, 2.24) is 4.98 Å². The summed E-state index contributed by atoms with van der Waals surface area (Å²) >= 11 is 6.25. The summed E-state index contributed by atoms with van der Waals surface area (Å²) in [4.78, 5) is 4.67. The Hall–Kier alpha value is -2.05. The van der Waals surface area contributed by atoms with E-state index in [0.29, 0.717) is 16.4 Å². The molecule has 1 aromatic carbocycles. The van der Waals surface area contributed by atoms with Crippen LogP contribution in [0.1, 0.15) is 35.2 Å². The highest BCUT2D eigenvalue weighted by molar-refractivity contribution is 6.33. The first-order valence-electron chi connectivity index (χ1n) is 7.14. The fourth-order valence-corrected chi connectivity index (χ4v) is 2.99. The van der Waals surface area contributed by atoms with Crippen molar-refractivity contribution in [3.8, 4) is 6.07 Å². The average molecular weight is 298 g/mol. The van der Waals surface area contributed by atoms with Gasteiger partial charge in [-0.05, 0) is 55.9 Å². The van der Waals surface area contributed by atoms with Crippen LogP contribution in [0.25, 0.3) is 0 Å². The van der Waals surface area contributed by atoms with Crippen LogP contribution in [0.15, 0.2) is 24.3 Å². The highest BCUT2D eigenvalue weighted by atomic mass is 35.5. The van der Waals surface area contributed by atoms with Crippen molar-refractivity contribution in [3.05, 3.63) is 51.7 Å². The number of para-hydroxylation sites is 1. The molecule has 0 saturated heterocycles. The van der Waals surface area contributed by atoms with Gasteiger partial charge in [0.25, 0.3) is 0 Å². The van der Waals surface area contributed by atoms with Crippen molar-refractivity contribution in [2.75, 3.05) is 5.32 Å². The largest absolute Gasteiger partial charge is 0.338 e. The molecule has 0 spiro atoms. The molecule has 0 unspecified atom stereocenters.